The summed E-state index contributed by atoms with van der Waals surface area (Å²) in [5.41, 5.74) is 5.24. The van der Waals surface area contributed by atoms with Crippen LogP contribution in [-0.4, -0.2) is 35.5 Å². The molecule has 1 atom stereocenters. The fraction of sp³-hybridized carbons (Fsp3) is 0.750. The minimum absolute atomic E-state index is 0.0245. The molecular weight excluding hydrogens is 186 g/mol. The van der Waals surface area contributed by atoms with Gasteiger partial charge in [-0.3, -0.25) is 9.80 Å². The Morgan fingerprint density at radius 3 is 2.77 bits per heavy atom. The van der Waals surface area contributed by atoms with Gasteiger partial charge >= 0.3 is 0 Å². The lowest BCUT2D eigenvalue weighted by atomic mass is 9.96. The molecule has 0 saturated heterocycles. The van der Waals surface area contributed by atoms with E-state index >= 15 is 0 Å². The molecule has 5 heteroatoms. The van der Waals surface area contributed by atoms with Gasteiger partial charge < -0.3 is 5.73 Å². The number of primary amides is 1. The molecule has 0 aromatic rings. The van der Waals surface area contributed by atoms with Gasteiger partial charge in [-0.1, -0.05) is 13.8 Å². The predicted molar refractivity (Wildman–Crippen MR) is 55.8 cm³/mol. The van der Waals surface area contributed by atoms with Crippen LogP contribution in [0, 0.1) is 5.41 Å². The van der Waals surface area contributed by atoms with Gasteiger partial charge in [-0.2, -0.15) is 17.7 Å². The summed E-state index contributed by atoms with van der Waals surface area (Å²) in [4.78, 5) is 11.0. The molecule has 1 rings (SSSR count). The maximum Gasteiger partial charge on any atom is 0.242 e. The zero-order chi connectivity index (χ0) is 10.1. The predicted octanol–water partition coefficient (Wildman–Crippen LogP) is 0.0977. The van der Waals surface area contributed by atoms with Gasteiger partial charge in [0.15, 0.2) is 0 Å². The summed E-state index contributed by atoms with van der Waals surface area (Å²) in [6, 6.07) is -0.388. The van der Waals surface area contributed by atoms with Crippen molar-refractivity contribution in [3.05, 3.63) is 0 Å². The van der Waals surface area contributed by atoms with Crippen molar-refractivity contribution in [2.45, 2.75) is 19.9 Å². The second-order valence-corrected chi connectivity index (χ2v) is 4.30. The van der Waals surface area contributed by atoms with E-state index in [1.807, 2.05) is 6.21 Å². The summed E-state index contributed by atoms with van der Waals surface area (Å²) < 4.78 is 0. The Morgan fingerprint density at radius 2 is 2.46 bits per heavy atom. The molecule has 0 aromatic heterocycles. The van der Waals surface area contributed by atoms with Gasteiger partial charge in [-0.15, -0.1) is 0 Å². The summed E-state index contributed by atoms with van der Waals surface area (Å²) in [5, 5.41) is 5.84. The lowest BCUT2D eigenvalue weighted by molar-refractivity contribution is -0.122. The molecule has 1 amide bonds. The Hall–Kier alpha value is -0.710. The first-order valence-corrected chi connectivity index (χ1v) is 4.81. The number of nitrogens with zero attached hydrogens (tertiary/aromatic N) is 2. The second-order valence-electron chi connectivity index (χ2n) is 3.93. The number of carbonyl (C=O) groups is 1. The fourth-order valence-electron chi connectivity index (χ4n) is 1.25. The monoisotopic (exact) mass is 201 g/mol. The number of hydrogen-bond donors (Lipinski definition) is 2. The minimum atomic E-state index is -0.388. The van der Waals surface area contributed by atoms with Gasteiger partial charge in [0.1, 0.15) is 6.04 Å². The van der Waals surface area contributed by atoms with Crippen molar-refractivity contribution < 1.29 is 4.79 Å². The highest BCUT2D eigenvalue weighted by molar-refractivity contribution is 7.80. The van der Waals surface area contributed by atoms with E-state index < -0.39 is 0 Å². The Kier molecular flexibility index (Phi) is 2.85. The maximum absolute atomic E-state index is 11.0. The SMILES string of the molecule is CC1(C)C=NN(C(CS)C(N)=O)C1. The molecule has 0 aromatic carbocycles. The third-order valence-corrected chi connectivity index (χ3v) is 2.33. The van der Waals surface area contributed by atoms with E-state index in [2.05, 4.69) is 31.6 Å². The molecule has 1 unspecified atom stereocenters. The lowest BCUT2D eigenvalue weighted by Crippen LogP contribution is -2.44. The molecule has 4 nitrogen and oxygen atoms in total. The third-order valence-electron chi connectivity index (χ3n) is 1.99. The van der Waals surface area contributed by atoms with Crippen LogP contribution in [0.2, 0.25) is 0 Å². The van der Waals surface area contributed by atoms with Crippen LogP contribution in [-0.2, 0) is 4.79 Å². The van der Waals surface area contributed by atoms with E-state index in [1.165, 1.54) is 0 Å². The van der Waals surface area contributed by atoms with E-state index in [4.69, 9.17) is 5.73 Å². The summed E-state index contributed by atoms with van der Waals surface area (Å²) >= 11 is 4.07. The number of carbonyl (C=O) groups excluding carboxylic acids is 1. The maximum atomic E-state index is 11.0. The molecule has 0 fully saturated rings. The molecule has 2 N–H and O–H groups in total. The van der Waals surface area contributed by atoms with Crippen molar-refractivity contribution in [3.63, 3.8) is 0 Å². The molecule has 0 aliphatic carbocycles. The van der Waals surface area contributed by atoms with Gasteiger partial charge in [0.25, 0.3) is 0 Å². The molecule has 0 radical (unpaired) electrons. The van der Waals surface area contributed by atoms with Crippen LogP contribution < -0.4 is 5.73 Å². The number of amides is 1. The van der Waals surface area contributed by atoms with Crippen LogP contribution in [0.4, 0.5) is 0 Å². The summed E-state index contributed by atoms with van der Waals surface area (Å²) in [6.07, 6.45) is 1.84. The quantitative estimate of drug-likeness (QED) is 0.636. The summed E-state index contributed by atoms with van der Waals surface area (Å²) in [7, 11) is 0. The zero-order valence-corrected chi connectivity index (χ0v) is 8.79. The molecule has 1 aliphatic heterocycles. The molecule has 1 heterocycles. The molecular formula is C8H15N3OS. The minimum Gasteiger partial charge on any atom is -0.368 e. The van der Waals surface area contributed by atoms with Crippen molar-refractivity contribution in [2.24, 2.45) is 16.3 Å². The van der Waals surface area contributed by atoms with Crippen LogP contribution in [0.25, 0.3) is 0 Å². The van der Waals surface area contributed by atoms with Gasteiger partial charge in [-0.05, 0) is 0 Å². The smallest absolute Gasteiger partial charge is 0.242 e. The van der Waals surface area contributed by atoms with Crippen LogP contribution in [0.5, 0.6) is 0 Å². The van der Waals surface area contributed by atoms with Gasteiger partial charge in [0.05, 0.1) is 0 Å². The molecule has 13 heavy (non-hydrogen) atoms. The van der Waals surface area contributed by atoms with Crippen molar-refractivity contribution in [1.82, 2.24) is 5.01 Å². The Bertz CT molecular complexity index is 240. The summed E-state index contributed by atoms with van der Waals surface area (Å²) in [5.74, 6) is 0.0350. The van der Waals surface area contributed by atoms with Crippen LogP contribution >= 0.6 is 12.6 Å². The van der Waals surface area contributed by atoms with E-state index in [9.17, 15) is 4.79 Å². The molecule has 1 aliphatic rings. The lowest BCUT2D eigenvalue weighted by Gasteiger charge is -2.24. The standard InChI is InChI=1S/C8H15N3OS/c1-8(2)4-10-11(5-8)6(3-13)7(9)12/h4,6,13H,3,5H2,1-2H3,(H2,9,12). The van der Waals surface area contributed by atoms with Crippen LogP contribution in [0.15, 0.2) is 5.10 Å². The van der Waals surface area contributed by atoms with E-state index in [-0.39, 0.29) is 17.4 Å². The number of hydrogen-bond acceptors (Lipinski definition) is 4. The molecule has 0 bridgehead atoms. The Balaban J connectivity index is 2.65. The molecule has 0 saturated carbocycles. The highest BCUT2D eigenvalue weighted by Gasteiger charge is 2.31. The van der Waals surface area contributed by atoms with E-state index in [0.29, 0.717) is 5.75 Å². The van der Waals surface area contributed by atoms with Crippen molar-refractivity contribution in [1.29, 1.82) is 0 Å². The van der Waals surface area contributed by atoms with Gasteiger partial charge in [-0.25, -0.2) is 0 Å². The number of nitrogens with two attached hydrogens (primary N) is 1. The first-order chi connectivity index (χ1) is 5.96. The molecule has 74 valence electrons. The number of rotatable bonds is 3. The topological polar surface area (TPSA) is 58.7 Å². The normalized spacial score (nSPS) is 21.9. The van der Waals surface area contributed by atoms with Gasteiger partial charge in [0.2, 0.25) is 5.91 Å². The second kappa shape index (κ2) is 3.57. The zero-order valence-electron chi connectivity index (χ0n) is 7.90. The first kappa shape index (κ1) is 10.4. The van der Waals surface area contributed by atoms with Crippen molar-refractivity contribution >= 4 is 24.8 Å². The average molecular weight is 201 g/mol. The van der Waals surface area contributed by atoms with Crippen LogP contribution in [0.3, 0.4) is 0 Å². The third kappa shape index (κ3) is 2.37. The van der Waals surface area contributed by atoms with Crippen molar-refractivity contribution in [2.75, 3.05) is 12.3 Å². The van der Waals surface area contributed by atoms with E-state index in [0.717, 1.165) is 6.54 Å². The number of hydrazone groups is 1. The molecule has 0 spiro atoms. The van der Waals surface area contributed by atoms with E-state index in [1.54, 1.807) is 5.01 Å². The van der Waals surface area contributed by atoms with Gasteiger partial charge in [0, 0.05) is 23.9 Å². The largest absolute Gasteiger partial charge is 0.368 e. The average Bonchev–Trinajstić information content (AvgIpc) is 2.31. The Labute approximate surface area is 83.6 Å². The first-order valence-electron chi connectivity index (χ1n) is 4.18. The Morgan fingerprint density at radius 1 is 1.85 bits per heavy atom. The highest BCUT2D eigenvalue weighted by atomic mass is 32.1. The number of thiol groups is 1. The fourth-order valence-corrected chi connectivity index (χ4v) is 1.62. The highest BCUT2D eigenvalue weighted by Crippen LogP contribution is 2.22. The summed E-state index contributed by atoms with van der Waals surface area (Å²) in [6.45, 7) is 4.85. The van der Waals surface area contributed by atoms with Crippen molar-refractivity contribution in [3.8, 4) is 0 Å². The van der Waals surface area contributed by atoms with Crippen LogP contribution in [0.1, 0.15) is 13.8 Å².